The summed E-state index contributed by atoms with van der Waals surface area (Å²) in [6.45, 7) is 2.93. The molecule has 2 aliphatic carbocycles. The van der Waals surface area contributed by atoms with Crippen LogP contribution in [0.1, 0.15) is 45.4 Å². The fourth-order valence-corrected chi connectivity index (χ4v) is 5.17. The summed E-state index contributed by atoms with van der Waals surface area (Å²) in [5.74, 6) is 2.56. The first-order valence-corrected chi connectivity index (χ1v) is 10.1. The van der Waals surface area contributed by atoms with E-state index in [1.807, 2.05) is 0 Å². The third-order valence-corrected chi connectivity index (χ3v) is 6.63. The minimum Gasteiger partial charge on any atom is -0.354 e. The van der Waals surface area contributed by atoms with Crippen LogP contribution in [0.5, 0.6) is 0 Å². The Kier molecular flexibility index (Phi) is 4.43. The summed E-state index contributed by atoms with van der Waals surface area (Å²) in [6, 6.07) is 1.10. The van der Waals surface area contributed by atoms with E-state index in [-0.39, 0.29) is 5.92 Å². The van der Waals surface area contributed by atoms with Crippen LogP contribution in [0, 0.1) is 11.8 Å². The monoisotopic (exact) mass is 313 g/mol. The van der Waals surface area contributed by atoms with Crippen LogP contribution >= 0.6 is 0 Å². The molecule has 3 fully saturated rings. The average molecular weight is 313 g/mol. The topological polar surface area (TPSA) is 70.6 Å². The van der Waals surface area contributed by atoms with E-state index in [9.17, 15) is 8.42 Å². The summed E-state index contributed by atoms with van der Waals surface area (Å²) >= 11 is 0. The van der Waals surface area contributed by atoms with E-state index >= 15 is 0 Å². The van der Waals surface area contributed by atoms with E-state index in [1.165, 1.54) is 32.1 Å². The molecule has 120 valence electrons. The van der Waals surface area contributed by atoms with Crippen molar-refractivity contribution in [2.75, 3.05) is 18.1 Å². The second-order valence-electron chi connectivity index (χ2n) is 7.14. The summed E-state index contributed by atoms with van der Waals surface area (Å²) in [4.78, 5) is 4.67. The highest BCUT2D eigenvalue weighted by Crippen LogP contribution is 2.25. The molecule has 0 amide bonds. The fraction of sp³-hybridized carbons (Fsp3) is 0.933. The van der Waals surface area contributed by atoms with Crippen LogP contribution in [-0.2, 0) is 9.84 Å². The number of aliphatic imine (C=N–C) groups is 1. The Hall–Kier alpha value is -0.780. The summed E-state index contributed by atoms with van der Waals surface area (Å²) in [7, 11) is -2.79. The standard InChI is InChI=1S/C15H27N3O2S/c1-11-2-3-14(8-11)18-15(17-13-4-5-13)16-9-12-6-7-21(19,20)10-12/h11-14H,2-10H2,1H3,(H2,16,17,18). The minimum absolute atomic E-state index is 0.204. The predicted octanol–water partition coefficient (Wildman–Crippen LogP) is 1.31. The summed E-state index contributed by atoms with van der Waals surface area (Å²) < 4.78 is 23.0. The number of sulfone groups is 1. The van der Waals surface area contributed by atoms with Crippen LogP contribution < -0.4 is 10.6 Å². The normalized spacial score (nSPS) is 35.9. The van der Waals surface area contributed by atoms with Gasteiger partial charge in [0.1, 0.15) is 0 Å². The van der Waals surface area contributed by atoms with Crippen LogP contribution in [0.2, 0.25) is 0 Å². The lowest BCUT2D eigenvalue weighted by Gasteiger charge is -2.18. The summed E-state index contributed by atoms with van der Waals surface area (Å²) in [5.41, 5.74) is 0. The molecule has 6 heteroatoms. The first-order valence-electron chi connectivity index (χ1n) is 8.28. The lowest BCUT2D eigenvalue weighted by Crippen LogP contribution is -2.43. The van der Waals surface area contributed by atoms with Gasteiger partial charge in [0.05, 0.1) is 11.5 Å². The van der Waals surface area contributed by atoms with E-state index in [1.54, 1.807) is 0 Å². The third-order valence-electron chi connectivity index (χ3n) is 4.79. The van der Waals surface area contributed by atoms with Crippen molar-refractivity contribution in [3.05, 3.63) is 0 Å². The van der Waals surface area contributed by atoms with E-state index in [2.05, 4.69) is 22.5 Å². The highest BCUT2D eigenvalue weighted by Gasteiger charge is 2.29. The molecule has 0 bridgehead atoms. The van der Waals surface area contributed by atoms with Crippen LogP contribution in [-0.4, -0.2) is 44.5 Å². The van der Waals surface area contributed by atoms with Crippen LogP contribution in [0.15, 0.2) is 4.99 Å². The van der Waals surface area contributed by atoms with Crippen molar-refractivity contribution in [1.29, 1.82) is 0 Å². The Labute approximate surface area is 127 Å². The van der Waals surface area contributed by atoms with Gasteiger partial charge in [-0.2, -0.15) is 0 Å². The van der Waals surface area contributed by atoms with E-state index in [0.717, 1.165) is 18.3 Å². The van der Waals surface area contributed by atoms with Gasteiger partial charge in [-0.1, -0.05) is 6.92 Å². The Balaban J connectivity index is 1.54. The SMILES string of the molecule is CC1CCC(NC(=NCC2CCS(=O)(=O)C2)NC2CC2)C1. The molecule has 2 N–H and O–H groups in total. The van der Waals surface area contributed by atoms with Gasteiger partial charge in [0.15, 0.2) is 15.8 Å². The molecule has 0 spiro atoms. The van der Waals surface area contributed by atoms with Gasteiger partial charge in [-0.25, -0.2) is 8.42 Å². The van der Waals surface area contributed by atoms with Crippen LogP contribution in [0.25, 0.3) is 0 Å². The van der Waals surface area contributed by atoms with Gasteiger partial charge >= 0.3 is 0 Å². The van der Waals surface area contributed by atoms with Crippen LogP contribution in [0.4, 0.5) is 0 Å². The Morgan fingerprint density at radius 1 is 1.10 bits per heavy atom. The summed E-state index contributed by atoms with van der Waals surface area (Å²) in [5, 5.41) is 7.02. The van der Waals surface area contributed by atoms with Gasteiger partial charge < -0.3 is 10.6 Å². The zero-order valence-corrected chi connectivity index (χ0v) is 13.7. The van der Waals surface area contributed by atoms with Crippen molar-refractivity contribution in [2.24, 2.45) is 16.8 Å². The minimum atomic E-state index is -2.79. The molecule has 3 rings (SSSR count). The maximum absolute atomic E-state index is 11.5. The maximum Gasteiger partial charge on any atom is 0.191 e. The first-order chi connectivity index (χ1) is 10.00. The predicted molar refractivity (Wildman–Crippen MR) is 85.2 cm³/mol. The average Bonchev–Trinajstić information content (AvgIpc) is 3.03. The highest BCUT2D eigenvalue weighted by molar-refractivity contribution is 7.91. The zero-order chi connectivity index (χ0) is 14.9. The van der Waals surface area contributed by atoms with Crippen LogP contribution in [0.3, 0.4) is 0 Å². The maximum atomic E-state index is 11.5. The van der Waals surface area contributed by atoms with Crippen molar-refractivity contribution >= 4 is 15.8 Å². The largest absolute Gasteiger partial charge is 0.354 e. The number of guanidine groups is 1. The van der Waals surface area contributed by atoms with Crippen molar-refractivity contribution in [3.8, 4) is 0 Å². The molecule has 0 aromatic carbocycles. The van der Waals surface area contributed by atoms with Crippen molar-refractivity contribution < 1.29 is 8.42 Å². The number of nitrogens with zero attached hydrogens (tertiary/aromatic N) is 1. The first kappa shape index (κ1) is 15.1. The van der Waals surface area contributed by atoms with Gasteiger partial charge in [0.2, 0.25) is 0 Å². The Morgan fingerprint density at radius 2 is 1.81 bits per heavy atom. The summed E-state index contributed by atoms with van der Waals surface area (Å²) in [6.07, 6.45) is 6.92. The van der Waals surface area contributed by atoms with Gasteiger partial charge in [-0.05, 0) is 50.4 Å². The lowest BCUT2D eigenvalue weighted by atomic mass is 10.1. The molecule has 1 saturated heterocycles. The quantitative estimate of drug-likeness (QED) is 0.606. The Bertz CT molecular complexity index is 499. The van der Waals surface area contributed by atoms with Gasteiger partial charge in [-0.3, -0.25) is 4.99 Å². The molecule has 0 aromatic rings. The van der Waals surface area contributed by atoms with E-state index in [4.69, 9.17) is 0 Å². The molecule has 1 aliphatic heterocycles. The molecule has 2 saturated carbocycles. The number of hydrogen-bond donors (Lipinski definition) is 2. The molecular formula is C15H27N3O2S. The number of rotatable bonds is 4. The van der Waals surface area contributed by atoms with E-state index < -0.39 is 9.84 Å². The lowest BCUT2D eigenvalue weighted by molar-refractivity contribution is 0.557. The molecule has 21 heavy (non-hydrogen) atoms. The molecule has 3 unspecified atom stereocenters. The molecule has 3 aliphatic rings. The van der Waals surface area contributed by atoms with Gasteiger partial charge in [0, 0.05) is 18.6 Å². The van der Waals surface area contributed by atoms with Crippen molar-refractivity contribution in [2.45, 2.75) is 57.5 Å². The molecule has 0 aromatic heterocycles. The fourth-order valence-electron chi connectivity index (χ4n) is 3.32. The molecule has 5 nitrogen and oxygen atoms in total. The van der Waals surface area contributed by atoms with Crippen molar-refractivity contribution in [3.63, 3.8) is 0 Å². The second-order valence-corrected chi connectivity index (χ2v) is 9.37. The molecule has 1 heterocycles. The van der Waals surface area contributed by atoms with Crippen molar-refractivity contribution in [1.82, 2.24) is 10.6 Å². The van der Waals surface area contributed by atoms with Gasteiger partial charge in [-0.15, -0.1) is 0 Å². The Morgan fingerprint density at radius 3 is 2.38 bits per heavy atom. The molecule has 3 atom stereocenters. The number of hydrogen-bond acceptors (Lipinski definition) is 3. The second kappa shape index (κ2) is 6.15. The smallest absolute Gasteiger partial charge is 0.191 e. The van der Waals surface area contributed by atoms with Gasteiger partial charge in [0.25, 0.3) is 0 Å². The number of nitrogens with one attached hydrogen (secondary N) is 2. The molecular weight excluding hydrogens is 286 g/mol. The van der Waals surface area contributed by atoms with E-state index in [0.29, 0.717) is 30.1 Å². The highest BCUT2D eigenvalue weighted by atomic mass is 32.2. The molecule has 0 radical (unpaired) electrons. The zero-order valence-electron chi connectivity index (χ0n) is 12.8. The third kappa shape index (κ3) is 4.59.